The molecule has 112 valence electrons. The van der Waals surface area contributed by atoms with Crippen LogP contribution in [0.25, 0.3) is 0 Å². The Bertz CT molecular complexity index is 737. The van der Waals surface area contributed by atoms with Crippen molar-refractivity contribution in [3.63, 3.8) is 0 Å². The zero-order valence-electron chi connectivity index (χ0n) is 11.3. The average molecular weight is 335 g/mol. The zero-order valence-corrected chi connectivity index (χ0v) is 12.9. The molecule has 0 fully saturated rings. The van der Waals surface area contributed by atoms with Gasteiger partial charge in [-0.05, 0) is 24.3 Å². The van der Waals surface area contributed by atoms with Gasteiger partial charge >= 0.3 is 0 Å². The van der Waals surface area contributed by atoms with E-state index >= 15 is 0 Å². The molecule has 3 rings (SSSR count). The van der Waals surface area contributed by atoms with E-state index in [0.29, 0.717) is 22.0 Å². The molecule has 0 saturated carbocycles. The molecule has 3 amide bonds. The Kier molecular flexibility index (Phi) is 3.96. The van der Waals surface area contributed by atoms with Crippen molar-refractivity contribution in [2.75, 3.05) is 6.54 Å². The number of imide groups is 1. The Morgan fingerprint density at radius 1 is 1.09 bits per heavy atom. The third kappa shape index (κ3) is 2.75. The molecule has 1 aliphatic rings. The monoisotopic (exact) mass is 334 g/mol. The molecule has 1 aromatic heterocycles. The highest BCUT2D eigenvalue weighted by Crippen LogP contribution is 2.22. The third-order valence-electron chi connectivity index (χ3n) is 3.27. The topological polar surface area (TPSA) is 66.5 Å². The number of halogens is 1. The fourth-order valence-electron chi connectivity index (χ4n) is 2.21. The highest BCUT2D eigenvalue weighted by Gasteiger charge is 2.36. The second-order valence-electron chi connectivity index (χ2n) is 4.72. The number of carbonyl (C=O) groups excluding carboxylic acids is 3. The van der Waals surface area contributed by atoms with Crippen molar-refractivity contribution in [1.29, 1.82) is 0 Å². The van der Waals surface area contributed by atoms with Crippen LogP contribution in [0.3, 0.4) is 0 Å². The van der Waals surface area contributed by atoms with Gasteiger partial charge < -0.3 is 5.32 Å². The van der Waals surface area contributed by atoms with Gasteiger partial charge in [0.05, 0.1) is 22.0 Å². The van der Waals surface area contributed by atoms with Crippen LogP contribution >= 0.6 is 22.9 Å². The summed E-state index contributed by atoms with van der Waals surface area (Å²) in [5.41, 5.74) is 0.677. The maximum absolute atomic E-state index is 12.1. The first-order valence-corrected chi connectivity index (χ1v) is 7.72. The van der Waals surface area contributed by atoms with Crippen molar-refractivity contribution in [2.45, 2.75) is 6.54 Å². The molecule has 22 heavy (non-hydrogen) atoms. The van der Waals surface area contributed by atoms with E-state index in [9.17, 15) is 14.4 Å². The molecular weight excluding hydrogens is 324 g/mol. The van der Waals surface area contributed by atoms with Gasteiger partial charge in [-0.3, -0.25) is 19.3 Å². The first-order valence-electron chi connectivity index (χ1n) is 6.52. The fraction of sp³-hybridized carbons (Fsp3) is 0.133. The SMILES string of the molecule is O=C(CN1C(=O)c2ccccc2C1=O)NCc1ccc(Cl)s1. The Hall–Kier alpha value is -2.18. The molecule has 1 aromatic carbocycles. The van der Waals surface area contributed by atoms with E-state index in [1.165, 1.54) is 11.3 Å². The summed E-state index contributed by atoms with van der Waals surface area (Å²) in [5, 5.41) is 2.67. The summed E-state index contributed by atoms with van der Waals surface area (Å²) in [7, 11) is 0. The van der Waals surface area contributed by atoms with Gasteiger partial charge in [-0.25, -0.2) is 0 Å². The van der Waals surface area contributed by atoms with Gasteiger partial charge in [-0.2, -0.15) is 0 Å². The van der Waals surface area contributed by atoms with Crippen LogP contribution in [0.5, 0.6) is 0 Å². The Balaban J connectivity index is 1.63. The van der Waals surface area contributed by atoms with Crippen molar-refractivity contribution in [3.8, 4) is 0 Å². The van der Waals surface area contributed by atoms with Gasteiger partial charge in [0.1, 0.15) is 6.54 Å². The normalized spacial score (nSPS) is 13.4. The lowest BCUT2D eigenvalue weighted by molar-refractivity contribution is -0.121. The number of hydrogen-bond donors (Lipinski definition) is 1. The molecule has 0 saturated heterocycles. The number of rotatable bonds is 4. The standard InChI is InChI=1S/C15H11ClN2O3S/c16-12-6-5-9(22-12)7-17-13(19)8-18-14(20)10-3-1-2-4-11(10)15(18)21/h1-6H,7-8H2,(H,17,19). The summed E-state index contributed by atoms with van der Waals surface area (Å²) in [6, 6.07) is 10.1. The van der Waals surface area contributed by atoms with Gasteiger partial charge in [0, 0.05) is 4.88 Å². The van der Waals surface area contributed by atoms with Crippen LogP contribution in [-0.2, 0) is 11.3 Å². The molecular formula is C15H11ClN2O3S. The maximum Gasteiger partial charge on any atom is 0.262 e. The summed E-state index contributed by atoms with van der Waals surface area (Å²) in [6.45, 7) is 0.0326. The molecule has 0 atom stereocenters. The van der Waals surface area contributed by atoms with E-state index in [1.807, 2.05) is 6.07 Å². The van der Waals surface area contributed by atoms with E-state index in [-0.39, 0.29) is 12.5 Å². The average Bonchev–Trinajstić information content (AvgIpc) is 3.03. The van der Waals surface area contributed by atoms with Gasteiger partial charge in [-0.15, -0.1) is 11.3 Å². The minimum atomic E-state index is -0.435. The van der Waals surface area contributed by atoms with E-state index < -0.39 is 11.8 Å². The van der Waals surface area contributed by atoms with Crippen LogP contribution in [0, 0.1) is 0 Å². The number of fused-ring (bicyclic) bond motifs is 1. The maximum atomic E-state index is 12.1. The molecule has 2 heterocycles. The Morgan fingerprint density at radius 2 is 1.73 bits per heavy atom. The smallest absolute Gasteiger partial charge is 0.262 e. The van der Waals surface area contributed by atoms with E-state index in [2.05, 4.69) is 5.32 Å². The number of thiophene rings is 1. The van der Waals surface area contributed by atoms with Crippen LogP contribution in [0.4, 0.5) is 0 Å². The van der Waals surface area contributed by atoms with Gasteiger partial charge in [-0.1, -0.05) is 23.7 Å². The predicted octanol–water partition coefficient (Wildman–Crippen LogP) is 2.31. The predicted molar refractivity (Wildman–Crippen MR) is 83.0 cm³/mol. The number of hydrogen-bond acceptors (Lipinski definition) is 4. The number of nitrogens with zero attached hydrogens (tertiary/aromatic N) is 1. The number of carbonyl (C=O) groups is 3. The number of benzene rings is 1. The molecule has 7 heteroatoms. The highest BCUT2D eigenvalue weighted by molar-refractivity contribution is 7.16. The third-order valence-corrected chi connectivity index (χ3v) is 4.50. The first-order chi connectivity index (χ1) is 10.6. The molecule has 2 aromatic rings. The quantitative estimate of drug-likeness (QED) is 0.873. The van der Waals surface area contributed by atoms with E-state index in [1.54, 1.807) is 30.3 Å². The molecule has 0 spiro atoms. The summed E-state index contributed by atoms with van der Waals surface area (Å²) >= 11 is 7.18. The van der Waals surface area contributed by atoms with E-state index in [0.717, 1.165) is 9.78 Å². The summed E-state index contributed by atoms with van der Waals surface area (Å²) in [6.07, 6.45) is 0. The zero-order chi connectivity index (χ0) is 15.7. The van der Waals surface area contributed by atoms with Crippen molar-refractivity contribution < 1.29 is 14.4 Å². The largest absolute Gasteiger partial charge is 0.350 e. The van der Waals surface area contributed by atoms with Crippen LogP contribution in [0.15, 0.2) is 36.4 Å². The van der Waals surface area contributed by atoms with Gasteiger partial charge in [0.2, 0.25) is 5.91 Å². The second kappa shape index (κ2) is 5.90. The van der Waals surface area contributed by atoms with Gasteiger partial charge in [0.25, 0.3) is 11.8 Å². The summed E-state index contributed by atoms with van der Waals surface area (Å²) in [5.74, 6) is -1.26. The van der Waals surface area contributed by atoms with Crippen LogP contribution < -0.4 is 5.32 Å². The Morgan fingerprint density at radius 3 is 2.27 bits per heavy atom. The molecule has 1 N–H and O–H groups in total. The number of nitrogens with one attached hydrogen (secondary N) is 1. The number of amides is 3. The highest BCUT2D eigenvalue weighted by atomic mass is 35.5. The van der Waals surface area contributed by atoms with Crippen molar-refractivity contribution >= 4 is 40.7 Å². The van der Waals surface area contributed by atoms with Crippen molar-refractivity contribution in [2.24, 2.45) is 0 Å². The summed E-state index contributed by atoms with van der Waals surface area (Å²) < 4.78 is 0.643. The molecule has 0 bridgehead atoms. The summed E-state index contributed by atoms with van der Waals surface area (Å²) in [4.78, 5) is 38.1. The minimum Gasteiger partial charge on any atom is -0.350 e. The van der Waals surface area contributed by atoms with Crippen molar-refractivity contribution in [3.05, 3.63) is 56.7 Å². The minimum absolute atomic E-state index is 0.286. The Labute approximate surface area is 135 Å². The van der Waals surface area contributed by atoms with Crippen LogP contribution in [0.1, 0.15) is 25.6 Å². The van der Waals surface area contributed by atoms with Gasteiger partial charge in [0.15, 0.2) is 0 Å². The molecule has 0 unspecified atom stereocenters. The second-order valence-corrected chi connectivity index (χ2v) is 6.52. The first kappa shape index (κ1) is 14.7. The lowest BCUT2D eigenvalue weighted by atomic mass is 10.1. The van der Waals surface area contributed by atoms with E-state index in [4.69, 9.17) is 11.6 Å². The molecule has 1 aliphatic heterocycles. The molecule has 0 radical (unpaired) electrons. The van der Waals surface area contributed by atoms with Crippen molar-refractivity contribution in [1.82, 2.24) is 10.2 Å². The lowest BCUT2D eigenvalue weighted by Gasteiger charge is -2.13. The lowest BCUT2D eigenvalue weighted by Crippen LogP contribution is -2.40. The van der Waals surface area contributed by atoms with Crippen LogP contribution in [-0.4, -0.2) is 29.2 Å². The molecule has 0 aliphatic carbocycles. The van der Waals surface area contributed by atoms with Crippen LogP contribution in [0.2, 0.25) is 4.34 Å². The molecule has 5 nitrogen and oxygen atoms in total. The fourth-order valence-corrected chi connectivity index (χ4v) is 3.24.